The van der Waals surface area contributed by atoms with Crippen molar-refractivity contribution in [3.05, 3.63) is 34.0 Å². The standard InChI is InChI=1S/C11H12N4O3S/c1-15-7(3-5-13-15)2-4-12-9(16)10-14-8(6-19-10)11(17)18/h3,5-6H,2,4H2,1H3,(H,12,16)(H,17,18). The van der Waals surface area contributed by atoms with Crippen molar-refractivity contribution in [2.24, 2.45) is 7.05 Å². The van der Waals surface area contributed by atoms with Crippen molar-refractivity contribution in [1.82, 2.24) is 20.1 Å². The van der Waals surface area contributed by atoms with Gasteiger partial charge in [0.05, 0.1) is 0 Å². The van der Waals surface area contributed by atoms with Crippen molar-refractivity contribution in [2.75, 3.05) is 6.54 Å². The van der Waals surface area contributed by atoms with Gasteiger partial charge in [0.1, 0.15) is 0 Å². The van der Waals surface area contributed by atoms with E-state index in [2.05, 4.69) is 15.4 Å². The molecule has 0 radical (unpaired) electrons. The molecule has 0 saturated heterocycles. The number of thiazole rings is 1. The molecule has 0 bridgehead atoms. The summed E-state index contributed by atoms with van der Waals surface area (Å²) in [5.41, 5.74) is 0.896. The Morgan fingerprint density at radius 2 is 2.32 bits per heavy atom. The molecule has 19 heavy (non-hydrogen) atoms. The van der Waals surface area contributed by atoms with Crippen LogP contribution in [0.4, 0.5) is 0 Å². The number of aryl methyl sites for hydroxylation is 1. The van der Waals surface area contributed by atoms with Gasteiger partial charge in [-0.25, -0.2) is 9.78 Å². The molecule has 100 valence electrons. The van der Waals surface area contributed by atoms with Crippen LogP contribution in [0.3, 0.4) is 0 Å². The zero-order chi connectivity index (χ0) is 13.8. The highest BCUT2D eigenvalue weighted by Crippen LogP contribution is 2.09. The SMILES string of the molecule is Cn1nccc1CCNC(=O)c1nc(C(=O)O)cs1. The molecule has 2 aromatic rings. The molecule has 0 spiro atoms. The minimum atomic E-state index is -1.13. The molecule has 2 N–H and O–H groups in total. The van der Waals surface area contributed by atoms with Gasteiger partial charge in [0.2, 0.25) is 0 Å². The topological polar surface area (TPSA) is 97.1 Å². The molecule has 1 amide bonds. The van der Waals surface area contributed by atoms with Crippen molar-refractivity contribution in [1.29, 1.82) is 0 Å². The minimum Gasteiger partial charge on any atom is -0.476 e. The van der Waals surface area contributed by atoms with Gasteiger partial charge in [0, 0.05) is 37.3 Å². The van der Waals surface area contributed by atoms with Gasteiger partial charge >= 0.3 is 5.97 Å². The fourth-order valence-corrected chi connectivity index (χ4v) is 2.21. The number of aromatic carboxylic acids is 1. The van der Waals surface area contributed by atoms with Gasteiger partial charge in [-0.1, -0.05) is 0 Å². The lowest BCUT2D eigenvalue weighted by atomic mass is 10.3. The lowest BCUT2D eigenvalue weighted by Crippen LogP contribution is -2.26. The Labute approximate surface area is 112 Å². The van der Waals surface area contributed by atoms with Crippen molar-refractivity contribution in [2.45, 2.75) is 6.42 Å². The summed E-state index contributed by atoms with van der Waals surface area (Å²) in [5.74, 6) is -1.50. The Balaban J connectivity index is 1.87. The van der Waals surface area contributed by atoms with Crippen LogP contribution in [0.15, 0.2) is 17.6 Å². The predicted octanol–water partition coefficient (Wildman–Crippen LogP) is 0.547. The van der Waals surface area contributed by atoms with E-state index in [1.54, 1.807) is 10.9 Å². The third kappa shape index (κ3) is 3.16. The van der Waals surface area contributed by atoms with Gasteiger partial charge in [-0.15, -0.1) is 11.3 Å². The number of nitrogens with one attached hydrogen (secondary N) is 1. The number of carboxylic acids is 1. The first-order chi connectivity index (χ1) is 9.08. The van der Waals surface area contributed by atoms with E-state index in [4.69, 9.17) is 5.11 Å². The molecule has 0 aromatic carbocycles. The van der Waals surface area contributed by atoms with E-state index >= 15 is 0 Å². The van der Waals surface area contributed by atoms with Gasteiger partial charge in [-0.3, -0.25) is 9.48 Å². The van der Waals surface area contributed by atoms with Crippen LogP contribution in [0, 0.1) is 0 Å². The Bertz CT molecular complexity index is 605. The molecule has 0 aliphatic heterocycles. The van der Waals surface area contributed by atoms with Gasteiger partial charge in [0.25, 0.3) is 5.91 Å². The van der Waals surface area contributed by atoms with E-state index in [0.29, 0.717) is 13.0 Å². The number of rotatable bonds is 5. The van der Waals surface area contributed by atoms with E-state index in [1.165, 1.54) is 5.38 Å². The molecule has 0 aliphatic carbocycles. The first kappa shape index (κ1) is 13.2. The average molecular weight is 280 g/mol. The summed E-state index contributed by atoms with van der Waals surface area (Å²) >= 11 is 1.02. The maximum Gasteiger partial charge on any atom is 0.355 e. The summed E-state index contributed by atoms with van der Waals surface area (Å²) in [6.45, 7) is 0.445. The lowest BCUT2D eigenvalue weighted by molar-refractivity contribution is 0.0691. The monoisotopic (exact) mass is 280 g/mol. The molecule has 8 heteroatoms. The van der Waals surface area contributed by atoms with Crippen molar-refractivity contribution in [3.63, 3.8) is 0 Å². The van der Waals surface area contributed by atoms with Crippen LogP contribution < -0.4 is 5.32 Å². The number of hydrogen-bond acceptors (Lipinski definition) is 5. The molecule has 2 rings (SSSR count). The first-order valence-corrected chi connectivity index (χ1v) is 6.40. The highest BCUT2D eigenvalue weighted by molar-refractivity contribution is 7.11. The molecular weight excluding hydrogens is 268 g/mol. The van der Waals surface area contributed by atoms with E-state index < -0.39 is 5.97 Å². The fourth-order valence-electron chi connectivity index (χ4n) is 1.50. The Hall–Kier alpha value is -2.22. The summed E-state index contributed by atoms with van der Waals surface area (Å²) in [5, 5.41) is 16.9. The van der Waals surface area contributed by atoms with Gasteiger partial charge in [-0.2, -0.15) is 5.10 Å². The number of nitrogens with zero attached hydrogens (tertiary/aromatic N) is 3. The Morgan fingerprint density at radius 3 is 2.89 bits per heavy atom. The van der Waals surface area contributed by atoms with Gasteiger partial charge in [0.15, 0.2) is 10.7 Å². The summed E-state index contributed by atoms with van der Waals surface area (Å²) in [6, 6.07) is 1.87. The van der Waals surface area contributed by atoms with E-state index in [9.17, 15) is 9.59 Å². The number of carboxylic acid groups (broad SMARTS) is 1. The van der Waals surface area contributed by atoms with Crippen molar-refractivity contribution < 1.29 is 14.7 Å². The largest absolute Gasteiger partial charge is 0.476 e. The minimum absolute atomic E-state index is 0.109. The zero-order valence-corrected chi connectivity index (χ0v) is 11.0. The summed E-state index contributed by atoms with van der Waals surface area (Å²) in [7, 11) is 1.83. The number of carbonyl (C=O) groups is 2. The molecule has 0 atom stereocenters. The number of hydrogen-bond donors (Lipinski definition) is 2. The molecule has 0 saturated carbocycles. The summed E-state index contributed by atoms with van der Waals surface area (Å²) in [4.78, 5) is 26.1. The van der Waals surface area contributed by atoms with Crippen LogP contribution in [-0.2, 0) is 13.5 Å². The number of amides is 1. The predicted molar refractivity (Wildman–Crippen MR) is 68.3 cm³/mol. The molecule has 2 heterocycles. The fraction of sp³-hybridized carbons (Fsp3) is 0.273. The van der Waals surface area contributed by atoms with Crippen LogP contribution in [-0.4, -0.2) is 38.3 Å². The van der Waals surface area contributed by atoms with Crippen LogP contribution in [0.1, 0.15) is 26.0 Å². The van der Waals surface area contributed by atoms with Gasteiger partial charge < -0.3 is 10.4 Å². The highest BCUT2D eigenvalue weighted by atomic mass is 32.1. The van der Waals surface area contributed by atoms with Crippen LogP contribution in [0.5, 0.6) is 0 Å². The molecule has 7 nitrogen and oxygen atoms in total. The maximum absolute atomic E-state index is 11.7. The van der Waals surface area contributed by atoms with E-state index in [-0.39, 0.29) is 16.6 Å². The molecule has 0 aliphatic rings. The van der Waals surface area contributed by atoms with Gasteiger partial charge in [-0.05, 0) is 6.07 Å². The molecule has 0 unspecified atom stereocenters. The van der Waals surface area contributed by atoms with Crippen LogP contribution in [0.25, 0.3) is 0 Å². The third-order valence-electron chi connectivity index (χ3n) is 2.51. The molecule has 0 fully saturated rings. The Kier molecular flexibility index (Phi) is 3.91. The van der Waals surface area contributed by atoms with E-state index in [1.807, 2.05) is 13.1 Å². The van der Waals surface area contributed by atoms with Crippen LogP contribution in [0.2, 0.25) is 0 Å². The number of aromatic nitrogens is 3. The molecule has 2 aromatic heterocycles. The summed E-state index contributed by atoms with van der Waals surface area (Å²) < 4.78 is 1.73. The highest BCUT2D eigenvalue weighted by Gasteiger charge is 2.14. The second-order valence-corrected chi connectivity index (χ2v) is 4.65. The normalized spacial score (nSPS) is 10.4. The zero-order valence-electron chi connectivity index (χ0n) is 10.2. The second-order valence-electron chi connectivity index (χ2n) is 3.80. The average Bonchev–Trinajstić information content (AvgIpc) is 2.98. The maximum atomic E-state index is 11.7. The Morgan fingerprint density at radius 1 is 1.53 bits per heavy atom. The smallest absolute Gasteiger partial charge is 0.355 e. The second kappa shape index (κ2) is 5.61. The van der Waals surface area contributed by atoms with E-state index in [0.717, 1.165) is 17.0 Å². The van der Waals surface area contributed by atoms with Crippen LogP contribution >= 0.6 is 11.3 Å². The van der Waals surface area contributed by atoms with Crippen molar-refractivity contribution >= 4 is 23.2 Å². The number of carbonyl (C=O) groups excluding carboxylic acids is 1. The van der Waals surface area contributed by atoms with Crippen molar-refractivity contribution in [3.8, 4) is 0 Å². The first-order valence-electron chi connectivity index (χ1n) is 5.52. The summed E-state index contributed by atoms with van der Waals surface area (Å²) in [6.07, 6.45) is 2.34. The third-order valence-corrected chi connectivity index (χ3v) is 3.35. The quantitative estimate of drug-likeness (QED) is 0.833. The molecular formula is C11H12N4O3S. The lowest BCUT2D eigenvalue weighted by Gasteiger charge is -2.03.